The second kappa shape index (κ2) is 7.92. The molecule has 3 rings (SSSR count). The van der Waals surface area contributed by atoms with Crippen LogP contribution in [-0.2, 0) is 27.7 Å². The summed E-state index contributed by atoms with van der Waals surface area (Å²) in [6.45, 7) is 1.59. The van der Waals surface area contributed by atoms with Crippen LogP contribution in [0.2, 0.25) is 0 Å². The van der Waals surface area contributed by atoms with Crippen molar-refractivity contribution < 1.29 is 18.0 Å². The van der Waals surface area contributed by atoms with E-state index in [1.165, 1.54) is 12.1 Å². The molecule has 0 bridgehead atoms. The van der Waals surface area contributed by atoms with Crippen molar-refractivity contribution in [2.24, 2.45) is 0 Å². The summed E-state index contributed by atoms with van der Waals surface area (Å²) < 4.78 is 23.0. The minimum atomic E-state index is -3.23. The maximum Gasteiger partial charge on any atom is 0.251 e. The molecule has 2 aromatic carbocycles. The third kappa shape index (κ3) is 4.95. The predicted octanol–water partition coefficient (Wildman–Crippen LogP) is 2.14. The molecule has 7 heteroatoms. The van der Waals surface area contributed by atoms with Gasteiger partial charge < -0.3 is 10.2 Å². The number of hydrogen-bond donors (Lipinski definition) is 1. The van der Waals surface area contributed by atoms with Gasteiger partial charge in [-0.1, -0.05) is 24.3 Å². The highest BCUT2D eigenvalue weighted by Crippen LogP contribution is 2.15. The first-order valence-corrected chi connectivity index (χ1v) is 10.7. The van der Waals surface area contributed by atoms with Gasteiger partial charge in [-0.15, -0.1) is 0 Å². The highest BCUT2D eigenvalue weighted by molar-refractivity contribution is 7.90. The number of likely N-dealkylation sites (tertiary alicyclic amines) is 1. The zero-order valence-electron chi connectivity index (χ0n) is 15.1. The van der Waals surface area contributed by atoms with Crippen LogP contribution in [0.5, 0.6) is 0 Å². The molecule has 1 aliphatic heterocycles. The zero-order valence-corrected chi connectivity index (χ0v) is 16.0. The van der Waals surface area contributed by atoms with E-state index in [-0.39, 0.29) is 16.7 Å². The lowest BCUT2D eigenvalue weighted by atomic mass is 10.1. The van der Waals surface area contributed by atoms with Gasteiger partial charge in [0.25, 0.3) is 5.91 Å². The van der Waals surface area contributed by atoms with Crippen molar-refractivity contribution in [3.05, 3.63) is 65.2 Å². The Bertz CT molecular complexity index is 952. The molecule has 2 amide bonds. The Balaban J connectivity index is 1.61. The third-order valence-corrected chi connectivity index (χ3v) is 5.67. The lowest BCUT2D eigenvalue weighted by molar-refractivity contribution is -0.128. The molecule has 0 aliphatic carbocycles. The minimum Gasteiger partial charge on any atom is -0.348 e. The van der Waals surface area contributed by atoms with Crippen molar-refractivity contribution in [3.8, 4) is 0 Å². The number of rotatable bonds is 6. The molecule has 1 N–H and O–H groups in total. The fourth-order valence-corrected chi connectivity index (χ4v) is 3.67. The van der Waals surface area contributed by atoms with Crippen molar-refractivity contribution >= 4 is 21.7 Å². The SMILES string of the molecule is CS(=O)(=O)c1ccc(CNC(=O)c2cccc(CN3CCCC3=O)c2)cc1. The van der Waals surface area contributed by atoms with Gasteiger partial charge >= 0.3 is 0 Å². The van der Waals surface area contributed by atoms with Gasteiger partial charge in [-0.2, -0.15) is 0 Å². The van der Waals surface area contributed by atoms with Crippen LogP contribution < -0.4 is 5.32 Å². The standard InChI is InChI=1S/C20H22N2O4S/c1-27(25,26)18-9-7-15(8-10-18)13-21-20(24)17-5-2-4-16(12-17)14-22-11-3-6-19(22)23/h2,4-5,7-10,12H,3,6,11,13-14H2,1H3,(H,21,24). The molecule has 0 saturated carbocycles. The first-order valence-electron chi connectivity index (χ1n) is 8.77. The normalized spacial score (nSPS) is 14.4. The molecular weight excluding hydrogens is 364 g/mol. The summed E-state index contributed by atoms with van der Waals surface area (Å²) in [4.78, 5) is 26.2. The fraction of sp³-hybridized carbons (Fsp3) is 0.300. The second-order valence-corrected chi connectivity index (χ2v) is 8.73. The zero-order chi connectivity index (χ0) is 19.4. The second-order valence-electron chi connectivity index (χ2n) is 6.72. The first kappa shape index (κ1) is 19.1. The first-order chi connectivity index (χ1) is 12.8. The third-order valence-electron chi connectivity index (χ3n) is 4.54. The number of sulfone groups is 1. The van der Waals surface area contributed by atoms with E-state index < -0.39 is 9.84 Å². The number of carbonyl (C=O) groups excluding carboxylic acids is 2. The Labute approximate surface area is 159 Å². The van der Waals surface area contributed by atoms with Gasteiger partial charge in [-0.25, -0.2) is 8.42 Å². The van der Waals surface area contributed by atoms with Crippen molar-refractivity contribution in [2.75, 3.05) is 12.8 Å². The number of nitrogens with zero attached hydrogens (tertiary/aromatic N) is 1. The van der Waals surface area contributed by atoms with Gasteiger partial charge in [-0.3, -0.25) is 9.59 Å². The molecule has 1 saturated heterocycles. The molecule has 0 aromatic heterocycles. The van der Waals surface area contributed by atoms with Gasteiger partial charge in [0, 0.05) is 37.9 Å². The van der Waals surface area contributed by atoms with Crippen molar-refractivity contribution in [2.45, 2.75) is 30.8 Å². The lowest BCUT2D eigenvalue weighted by Crippen LogP contribution is -2.25. The fourth-order valence-electron chi connectivity index (χ4n) is 3.04. The van der Waals surface area contributed by atoms with Crippen LogP contribution in [0.1, 0.15) is 34.3 Å². The van der Waals surface area contributed by atoms with E-state index in [9.17, 15) is 18.0 Å². The Morgan fingerprint density at radius 1 is 1.11 bits per heavy atom. The Hall–Kier alpha value is -2.67. The Morgan fingerprint density at radius 2 is 1.85 bits per heavy atom. The summed E-state index contributed by atoms with van der Waals surface area (Å²) in [5, 5.41) is 2.83. The lowest BCUT2D eigenvalue weighted by Gasteiger charge is -2.16. The average Bonchev–Trinajstić information content (AvgIpc) is 3.04. The molecule has 1 heterocycles. The van der Waals surface area contributed by atoms with Gasteiger partial charge in [0.1, 0.15) is 0 Å². The molecule has 27 heavy (non-hydrogen) atoms. The highest BCUT2D eigenvalue weighted by atomic mass is 32.2. The summed E-state index contributed by atoms with van der Waals surface area (Å²) in [6, 6.07) is 13.7. The largest absolute Gasteiger partial charge is 0.348 e. The number of amides is 2. The van der Waals surface area contributed by atoms with Crippen LogP contribution in [0, 0.1) is 0 Å². The van der Waals surface area contributed by atoms with E-state index in [1.807, 2.05) is 12.1 Å². The number of carbonyl (C=O) groups is 2. The summed E-state index contributed by atoms with van der Waals surface area (Å²) in [5.41, 5.74) is 2.27. The maximum absolute atomic E-state index is 12.4. The van der Waals surface area contributed by atoms with E-state index >= 15 is 0 Å². The van der Waals surface area contributed by atoms with E-state index in [0.29, 0.717) is 25.1 Å². The number of hydrogen-bond acceptors (Lipinski definition) is 4. The summed E-state index contributed by atoms with van der Waals surface area (Å²) >= 11 is 0. The molecule has 0 atom stereocenters. The summed E-state index contributed by atoms with van der Waals surface area (Å²) in [7, 11) is -3.23. The maximum atomic E-state index is 12.4. The van der Waals surface area contributed by atoms with E-state index in [4.69, 9.17) is 0 Å². The topological polar surface area (TPSA) is 83.6 Å². The molecule has 0 spiro atoms. The monoisotopic (exact) mass is 386 g/mol. The van der Waals surface area contributed by atoms with Crippen LogP contribution in [0.4, 0.5) is 0 Å². The van der Waals surface area contributed by atoms with Crippen molar-refractivity contribution in [3.63, 3.8) is 0 Å². The number of nitrogens with one attached hydrogen (secondary N) is 1. The van der Waals surface area contributed by atoms with E-state index in [1.54, 1.807) is 29.2 Å². The molecule has 2 aromatic rings. The molecule has 1 aliphatic rings. The predicted molar refractivity (Wildman–Crippen MR) is 102 cm³/mol. The van der Waals surface area contributed by atoms with Gasteiger partial charge in [-0.05, 0) is 41.8 Å². The van der Waals surface area contributed by atoms with Crippen molar-refractivity contribution in [1.29, 1.82) is 0 Å². The van der Waals surface area contributed by atoms with Crippen molar-refractivity contribution in [1.82, 2.24) is 10.2 Å². The molecule has 1 fully saturated rings. The Morgan fingerprint density at radius 3 is 2.48 bits per heavy atom. The average molecular weight is 386 g/mol. The highest BCUT2D eigenvalue weighted by Gasteiger charge is 2.20. The molecule has 142 valence electrons. The van der Waals surface area contributed by atoms with Crippen LogP contribution >= 0.6 is 0 Å². The summed E-state index contributed by atoms with van der Waals surface area (Å²) in [6.07, 6.45) is 2.64. The van der Waals surface area contributed by atoms with Gasteiger partial charge in [0.05, 0.1) is 4.90 Å². The van der Waals surface area contributed by atoms with Gasteiger partial charge in [0.15, 0.2) is 9.84 Å². The molecular formula is C20H22N2O4S. The summed E-state index contributed by atoms with van der Waals surface area (Å²) in [5.74, 6) is -0.0563. The minimum absolute atomic E-state index is 0.155. The van der Waals surface area contributed by atoms with Crippen LogP contribution in [0.25, 0.3) is 0 Å². The van der Waals surface area contributed by atoms with Crippen LogP contribution in [0.15, 0.2) is 53.4 Å². The molecule has 6 nitrogen and oxygen atoms in total. The van der Waals surface area contributed by atoms with Crippen LogP contribution in [-0.4, -0.2) is 37.9 Å². The van der Waals surface area contributed by atoms with Crippen LogP contribution in [0.3, 0.4) is 0 Å². The smallest absolute Gasteiger partial charge is 0.251 e. The Kier molecular flexibility index (Phi) is 5.60. The number of benzene rings is 2. The van der Waals surface area contributed by atoms with E-state index in [2.05, 4.69) is 5.32 Å². The van der Waals surface area contributed by atoms with E-state index in [0.717, 1.165) is 30.3 Å². The molecule has 0 radical (unpaired) electrons. The van der Waals surface area contributed by atoms with Gasteiger partial charge in [0.2, 0.25) is 5.91 Å². The molecule has 0 unspecified atom stereocenters. The quantitative estimate of drug-likeness (QED) is 0.824.